The van der Waals surface area contributed by atoms with Gasteiger partial charge < -0.3 is 5.11 Å². The molecule has 0 unspecified atom stereocenters. The van der Waals surface area contributed by atoms with Gasteiger partial charge in [0.25, 0.3) is 0 Å². The smallest absolute Gasteiger partial charge is 0.127 e. The fraction of sp³-hybridized carbons (Fsp3) is 0.333. The zero-order valence-electron chi connectivity index (χ0n) is 5.13. The predicted molar refractivity (Wildman–Crippen MR) is 42.4 cm³/mol. The Morgan fingerprint density at radius 1 is 1.78 bits per heavy atom. The second-order valence-electron chi connectivity index (χ2n) is 1.56. The van der Waals surface area contributed by atoms with Gasteiger partial charge in [-0.2, -0.15) is 0 Å². The first kappa shape index (κ1) is 6.96. The second kappa shape index (κ2) is 3.13. The van der Waals surface area contributed by atoms with Crippen molar-refractivity contribution in [3.8, 4) is 5.75 Å². The fourth-order valence-electron chi connectivity index (χ4n) is 0.525. The third kappa shape index (κ3) is 1.91. The van der Waals surface area contributed by atoms with Crippen molar-refractivity contribution in [1.29, 1.82) is 0 Å². The highest BCUT2D eigenvalue weighted by Gasteiger charge is 1.94. The Morgan fingerprint density at radius 3 is 3.00 bits per heavy atom. The van der Waals surface area contributed by atoms with Gasteiger partial charge >= 0.3 is 0 Å². The summed E-state index contributed by atoms with van der Waals surface area (Å²) in [6.07, 6.45) is 0. The summed E-state index contributed by atoms with van der Waals surface area (Å²) in [7, 11) is 0. The van der Waals surface area contributed by atoms with Gasteiger partial charge in [-0.05, 0) is 5.75 Å². The summed E-state index contributed by atoms with van der Waals surface area (Å²) in [5.74, 6) is 1.45. The Morgan fingerprint density at radius 2 is 2.56 bits per heavy atom. The third-order valence-corrected chi connectivity index (χ3v) is 2.89. The van der Waals surface area contributed by atoms with Crippen LogP contribution < -0.4 is 0 Å². The minimum atomic E-state index is 0.385. The van der Waals surface area contributed by atoms with Gasteiger partial charge in [0.1, 0.15) is 5.75 Å². The van der Waals surface area contributed by atoms with Crippen molar-refractivity contribution in [3.05, 3.63) is 11.4 Å². The molecule has 0 aromatic carbocycles. The average molecular weight is 160 g/mol. The van der Waals surface area contributed by atoms with Crippen LogP contribution in [-0.4, -0.2) is 10.9 Å². The van der Waals surface area contributed by atoms with Gasteiger partial charge in [-0.15, -0.1) is 23.1 Å². The van der Waals surface area contributed by atoms with E-state index in [0.29, 0.717) is 5.75 Å². The molecule has 1 nitrogen and oxygen atoms in total. The molecule has 0 fully saturated rings. The lowest BCUT2D eigenvalue weighted by Crippen LogP contribution is -1.60. The molecule has 0 amide bonds. The third-order valence-electron chi connectivity index (χ3n) is 0.848. The molecular formula is C6H8OS2. The summed E-state index contributed by atoms with van der Waals surface area (Å²) in [4.78, 5) is 0. The van der Waals surface area contributed by atoms with Crippen LogP contribution in [0.5, 0.6) is 5.75 Å². The van der Waals surface area contributed by atoms with Crippen LogP contribution in [0.15, 0.2) is 15.7 Å². The summed E-state index contributed by atoms with van der Waals surface area (Å²) < 4.78 is 1.19. The number of thiophene rings is 1. The largest absolute Gasteiger partial charge is 0.507 e. The van der Waals surface area contributed by atoms with E-state index in [1.54, 1.807) is 34.5 Å². The van der Waals surface area contributed by atoms with E-state index >= 15 is 0 Å². The van der Waals surface area contributed by atoms with E-state index in [1.165, 1.54) is 4.21 Å². The van der Waals surface area contributed by atoms with Crippen molar-refractivity contribution in [3.63, 3.8) is 0 Å². The molecule has 0 aliphatic carbocycles. The SMILES string of the molecule is CCSc1cc(O)cs1. The Hall–Kier alpha value is -0.150. The van der Waals surface area contributed by atoms with E-state index in [0.717, 1.165) is 5.75 Å². The van der Waals surface area contributed by atoms with Crippen LogP contribution in [-0.2, 0) is 0 Å². The Balaban J connectivity index is 2.61. The number of hydrogen-bond acceptors (Lipinski definition) is 3. The van der Waals surface area contributed by atoms with Crippen LogP contribution in [0.4, 0.5) is 0 Å². The molecule has 9 heavy (non-hydrogen) atoms. The van der Waals surface area contributed by atoms with Gasteiger partial charge in [0, 0.05) is 11.4 Å². The molecule has 50 valence electrons. The quantitative estimate of drug-likeness (QED) is 0.671. The molecule has 1 aromatic rings. The lowest BCUT2D eigenvalue weighted by Gasteiger charge is -1.86. The van der Waals surface area contributed by atoms with E-state index in [1.807, 2.05) is 0 Å². The van der Waals surface area contributed by atoms with Gasteiger partial charge in [-0.25, -0.2) is 0 Å². The van der Waals surface area contributed by atoms with E-state index in [2.05, 4.69) is 6.92 Å². The molecule has 0 saturated carbocycles. The van der Waals surface area contributed by atoms with Crippen LogP contribution in [0.3, 0.4) is 0 Å². The lowest BCUT2D eigenvalue weighted by molar-refractivity contribution is 0.477. The van der Waals surface area contributed by atoms with Gasteiger partial charge in [0.2, 0.25) is 0 Å². The summed E-state index contributed by atoms with van der Waals surface area (Å²) in [5, 5.41) is 10.6. The van der Waals surface area contributed by atoms with Crippen LogP contribution in [0.25, 0.3) is 0 Å². The maximum absolute atomic E-state index is 8.88. The van der Waals surface area contributed by atoms with Crippen molar-refractivity contribution in [2.45, 2.75) is 11.1 Å². The van der Waals surface area contributed by atoms with Crippen LogP contribution in [0.2, 0.25) is 0 Å². The number of aromatic hydroxyl groups is 1. The molecule has 0 aliphatic heterocycles. The Bertz CT molecular complexity index is 183. The molecule has 0 atom stereocenters. The molecule has 3 heteroatoms. The fourth-order valence-corrected chi connectivity index (χ4v) is 2.28. The lowest BCUT2D eigenvalue weighted by atomic mass is 10.6. The molecule has 0 radical (unpaired) electrons. The van der Waals surface area contributed by atoms with Crippen molar-refractivity contribution < 1.29 is 5.11 Å². The van der Waals surface area contributed by atoms with Crippen molar-refractivity contribution in [1.82, 2.24) is 0 Å². The number of hydrogen-bond donors (Lipinski definition) is 1. The van der Waals surface area contributed by atoms with Crippen LogP contribution >= 0.6 is 23.1 Å². The van der Waals surface area contributed by atoms with Gasteiger partial charge in [0.15, 0.2) is 0 Å². The van der Waals surface area contributed by atoms with Gasteiger partial charge in [-0.3, -0.25) is 0 Å². The predicted octanol–water partition coefficient (Wildman–Crippen LogP) is 2.57. The van der Waals surface area contributed by atoms with E-state index in [4.69, 9.17) is 5.11 Å². The minimum absolute atomic E-state index is 0.385. The summed E-state index contributed by atoms with van der Waals surface area (Å²) in [6.45, 7) is 2.10. The minimum Gasteiger partial charge on any atom is -0.507 e. The molecule has 0 saturated heterocycles. The second-order valence-corrected chi connectivity index (χ2v) is 4.03. The van der Waals surface area contributed by atoms with Crippen molar-refractivity contribution in [2.75, 3.05) is 5.75 Å². The highest BCUT2D eigenvalue weighted by Crippen LogP contribution is 2.28. The first-order valence-electron chi connectivity index (χ1n) is 2.73. The molecular weight excluding hydrogens is 152 g/mol. The van der Waals surface area contributed by atoms with Gasteiger partial charge in [0.05, 0.1) is 4.21 Å². The van der Waals surface area contributed by atoms with Crippen molar-refractivity contribution in [2.24, 2.45) is 0 Å². The molecule has 0 spiro atoms. The molecule has 1 rings (SSSR count). The zero-order valence-corrected chi connectivity index (χ0v) is 6.76. The first-order valence-corrected chi connectivity index (χ1v) is 4.59. The first-order chi connectivity index (χ1) is 4.33. The maximum Gasteiger partial charge on any atom is 0.127 e. The number of thioether (sulfide) groups is 1. The highest BCUT2D eigenvalue weighted by molar-refractivity contribution is 8.01. The van der Waals surface area contributed by atoms with Gasteiger partial charge in [-0.1, -0.05) is 6.92 Å². The molecule has 1 aromatic heterocycles. The maximum atomic E-state index is 8.88. The normalized spacial score (nSPS) is 9.89. The molecule has 1 heterocycles. The Kier molecular flexibility index (Phi) is 2.42. The summed E-state index contributed by atoms with van der Waals surface area (Å²) in [5.41, 5.74) is 0. The van der Waals surface area contributed by atoms with E-state index < -0.39 is 0 Å². The number of rotatable bonds is 2. The topological polar surface area (TPSA) is 20.2 Å². The van der Waals surface area contributed by atoms with Crippen LogP contribution in [0.1, 0.15) is 6.92 Å². The molecule has 0 bridgehead atoms. The standard InChI is InChI=1S/C6H8OS2/c1-2-8-6-3-5(7)4-9-6/h3-4,7H,2H2,1H3. The summed E-state index contributed by atoms with van der Waals surface area (Å²) in [6, 6.07) is 1.79. The van der Waals surface area contributed by atoms with E-state index in [9.17, 15) is 0 Å². The van der Waals surface area contributed by atoms with Crippen molar-refractivity contribution >= 4 is 23.1 Å². The average Bonchev–Trinajstić information content (AvgIpc) is 2.17. The highest BCUT2D eigenvalue weighted by atomic mass is 32.2. The summed E-state index contributed by atoms with van der Waals surface area (Å²) >= 11 is 3.34. The zero-order chi connectivity index (χ0) is 6.69. The van der Waals surface area contributed by atoms with Crippen LogP contribution in [0, 0.1) is 0 Å². The molecule has 0 aliphatic rings. The Labute approximate surface area is 62.7 Å². The molecule has 1 N–H and O–H groups in total. The monoisotopic (exact) mass is 160 g/mol. The van der Waals surface area contributed by atoms with E-state index in [-0.39, 0.29) is 0 Å².